The largest absolute Gasteiger partial charge is 0.391 e. The van der Waals surface area contributed by atoms with Crippen molar-refractivity contribution < 1.29 is 9.90 Å². The Morgan fingerprint density at radius 3 is 3.00 bits per heavy atom. The summed E-state index contributed by atoms with van der Waals surface area (Å²) in [7, 11) is 0. The molecule has 3 atom stereocenters. The topological polar surface area (TPSA) is 52.6 Å². The predicted molar refractivity (Wildman–Crippen MR) is 94.6 cm³/mol. The fraction of sp³-hybridized carbons (Fsp3) is 0.526. The zero-order valence-electron chi connectivity index (χ0n) is 14.2. The Balaban J connectivity index is 2.04. The molecule has 4 nitrogen and oxygen atoms in total. The molecule has 0 bridgehead atoms. The Hall–Kier alpha value is -1.81. The number of nitrogens with zero attached hydrogens (tertiary/aromatic N) is 1. The van der Waals surface area contributed by atoms with Gasteiger partial charge in [0.05, 0.1) is 6.10 Å². The van der Waals surface area contributed by atoms with Gasteiger partial charge in [0.15, 0.2) is 0 Å². The monoisotopic (exact) mass is 316 g/mol. The van der Waals surface area contributed by atoms with Gasteiger partial charge in [-0.2, -0.15) is 0 Å². The van der Waals surface area contributed by atoms with Crippen LogP contribution < -0.4 is 5.32 Å². The van der Waals surface area contributed by atoms with Gasteiger partial charge in [-0.25, -0.2) is 0 Å². The molecule has 1 fully saturated rings. The SMILES string of the molecule is C=CCC(C)C(C)Nc1cccc(C(=O)N2CCCC(O)C2)c1. The first-order valence-electron chi connectivity index (χ1n) is 8.46. The van der Waals surface area contributed by atoms with Gasteiger partial charge < -0.3 is 15.3 Å². The molecule has 1 aliphatic heterocycles. The molecule has 0 aromatic heterocycles. The zero-order valence-corrected chi connectivity index (χ0v) is 14.2. The minimum absolute atomic E-state index is 0.000747. The highest BCUT2D eigenvalue weighted by atomic mass is 16.3. The van der Waals surface area contributed by atoms with E-state index in [-0.39, 0.29) is 5.91 Å². The fourth-order valence-electron chi connectivity index (χ4n) is 2.94. The molecule has 1 amide bonds. The van der Waals surface area contributed by atoms with Gasteiger partial charge in [-0.3, -0.25) is 4.79 Å². The normalized spacial score (nSPS) is 20.7. The number of amides is 1. The second kappa shape index (κ2) is 8.16. The average molecular weight is 316 g/mol. The van der Waals surface area contributed by atoms with E-state index in [9.17, 15) is 9.90 Å². The first-order chi connectivity index (χ1) is 11.0. The first-order valence-corrected chi connectivity index (χ1v) is 8.46. The molecule has 1 aromatic carbocycles. The van der Waals surface area contributed by atoms with Crippen LogP contribution in [0.3, 0.4) is 0 Å². The second-order valence-electron chi connectivity index (χ2n) is 6.56. The number of β-amino-alcohol motifs (C(OH)–C–C–N with tert-alkyl or cyclic N) is 1. The molecule has 23 heavy (non-hydrogen) atoms. The van der Waals surface area contributed by atoms with Crippen LogP contribution in [0.2, 0.25) is 0 Å². The summed E-state index contributed by atoms with van der Waals surface area (Å²) in [6.45, 7) is 9.27. The molecule has 1 aromatic rings. The number of benzene rings is 1. The summed E-state index contributed by atoms with van der Waals surface area (Å²) in [5.74, 6) is 0.475. The summed E-state index contributed by atoms with van der Waals surface area (Å²) in [5, 5.41) is 13.2. The smallest absolute Gasteiger partial charge is 0.254 e. The summed E-state index contributed by atoms with van der Waals surface area (Å²) in [6.07, 6.45) is 4.14. The van der Waals surface area contributed by atoms with Crippen molar-refractivity contribution >= 4 is 11.6 Å². The highest BCUT2D eigenvalue weighted by Gasteiger charge is 2.23. The van der Waals surface area contributed by atoms with E-state index in [0.717, 1.165) is 31.5 Å². The molecule has 126 valence electrons. The van der Waals surface area contributed by atoms with Gasteiger partial charge in [-0.15, -0.1) is 6.58 Å². The number of piperidine rings is 1. The third-order valence-electron chi connectivity index (χ3n) is 4.58. The van der Waals surface area contributed by atoms with Crippen molar-refractivity contribution in [3.05, 3.63) is 42.5 Å². The van der Waals surface area contributed by atoms with Crippen LogP contribution in [0.25, 0.3) is 0 Å². The van der Waals surface area contributed by atoms with Crippen molar-refractivity contribution in [1.82, 2.24) is 4.90 Å². The molecule has 0 radical (unpaired) electrons. The van der Waals surface area contributed by atoms with E-state index >= 15 is 0 Å². The van der Waals surface area contributed by atoms with Crippen LogP contribution in [0.4, 0.5) is 5.69 Å². The lowest BCUT2D eigenvalue weighted by atomic mass is 9.99. The summed E-state index contributed by atoms with van der Waals surface area (Å²) < 4.78 is 0. The fourth-order valence-corrected chi connectivity index (χ4v) is 2.94. The minimum Gasteiger partial charge on any atom is -0.391 e. The molecule has 1 aliphatic rings. The van der Waals surface area contributed by atoms with Gasteiger partial charge in [0.1, 0.15) is 0 Å². The second-order valence-corrected chi connectivity index (χ2v) is 6.56. The Morgan fingerprint density at radius 1 is 1.52 bits per heavy atom. The number of carbonyl (C=O) groups is 1. The molecule has 3 unspecified atom stereocenters. The number of hydrogen-bond acceptors (Lipinski definition) is 3. The number of hydrogen-bond donors (Lipinski definition) is 2. The standard InChI is InChI=1S/C19H28N2O2/c1-4-7-14(2)15(3)20-17-9-5-8-16(12-17)19(23)21-11-6-10-18(22)13-21/h4-5,8-9,12,14-15,18,20,22H,1,6-7,10-11,13H2,2-3H3. The van der Waals surface area contributed by atoms with Gasteiger partial charge in [0.25, 0.3) is 5.91 Å². The van der Waals surface area contributed by atoms with Crippen molar-refractivity contribution in [2.24, 2.45) is 5.92 Å². The van der Waals surface area contributed by atoms with E-state index in [1.807, 2.05) is 30.3 Å². The molecule has 0 aliphatic carbocycles. The molecule has 4 heteroatoms. The van der Waals surface area contributed by atoms with E-state index in [2.05, 4.69) is 25.7 Å². The third-order valence-corrected chi connectivity index (χ3v) is 4.58. The Bertz CT molecular complexity index is 544. The summed E-state index contributed by atoms with van der Waals surface area (Å²) >= 11 is 0. The number of allylic oxidation sites excluding steroid dienone is 1. The Labute approximate surface area is 139 Å². The molecule has 1 saturated heterocycles. The lowest BCUT2D eigenvalue weighted by molar-refractivity contribution is 0.0474. The van der Waals surface area contributed by atoms with Crippen molar-refractivity contribution in [2.45, 2.75) is 45.3 Å². The highest BCUT2D eigenvalue weighted by molar-refractivity contribution is 5.95. The van der Waals surface area contributed by atoms with E-state index in [1.165, 1.54) is 0 Å². The van der Waals surface area contributed by atoms with Gasteiger partial charge in [0, 0.05) is 30.4 Å². The Morgan fingerprint density at radius 2 is 2.30 bits per heavy atom. The summed E-state index contributed by atoms with van der Waals surface area (Å²) in [5.41, 5.74) is 1.63. The highest BCUT2D eigenvalue weighted by Crippen LogP contribution is 2.19. The molecular weight excluding hydrogens is 288 g/mol. The maximum Gasteiger partial charge on any atom is 0.254 e. The van der Waals surface area contributed by atoms with Crippen LogP contribution in [0.5, 0.6) is 0 Å². The number of anilines is 1. The number of carbonyl (C=O) groups excluding carboxylic acids is 1. The zero-order chi connectivity index (χ0) is 16.8. The Kier molecular flexibility index (Phi) is 6.22. The maximum atomic E-state index is 12.6. The lowest BCUT2D eigenvalue weighted by Gasteiger charge is -2.30. The van der Waals surface area contributed by atoms with Crippen molar-refractivity contribution in [3.8, 4) is 0 Å². The third kappa shape index (κ3) is 4.83. The average Bonchev–Trinajstić information content (AvgIpc) is 2.54. The molecule has 2 rings (SSSR count). The van der Waals surface area contributed by atoms with Gasteiger partial charge >= 0.3 is 0 Å². The number of aliphatic hydroxyl groups excluding tert-OH is 1. The van der Waals surface area contributed by atoms with E-state index in [1.54, 1.807) is 4.90 Å². The van der Waals surface area contributed by atoms with Crippen LogP contribution in [0.1, 0.15) is 43.5 Å². The number of aliphatic hydroxyl groups is 1. The van der Waals surface area contributed by atoms with Crippen molar-refractivity contribution in [1.29, 1.82) is 0 Å². The van der Waals surface area contributed by atoms with Crippen LogP contribution in [0, 0.1) is 5.92 Å². The molecule has 2 N–H and O–H groups in total. The summed E-state index contributed by atoms with van der Waals surface area (Å²) in [6, 6.07) is 7.93. The number of nitrogens with one attached hydrogen (secondary N) is 1. The summed E-state index contributed by atoms with van der Waals surface area (Å²) in [4.78, 5) is 14.3. The van der Waals surface area contributed by atoms with E-state index in [4.69, 9.17) is 0 Å². The minimum atomic E-state index is -0.395. The maximum absolute atomic E-state index is 12.6. The van der Waals surface area contributed by atoms with Crippen LogP contribution in [-0.2, 0) is 0 Å². The first kappa shape index (κ1) is 17.5. The molecular formula is C19H28N2O2. The van der Waals surface area contributed by atoms with Crippen LogP contribution in [0.15, 0.2) is 36.9 Å². The quantitative estimate of drug-likeness (QED) is 0.792. The molecule has 0 spiro atoms. The van der Waals surface area contributed by atoms with Gasteiger partial charge in [0.2, 0.25) is 0 Å². The molecule has 1 heterocycles. The van der Waals surface area contributed by atoms with E-state index < -0.39 is 6.10 Å². The van der Waals surface area contributed by atoms with E-state index in [0.29, 0.717) is 24.1 Å². The molecule has 0 saturated carbocycles. The lowest BCUT2D eigenvalue weighted by Crippen LogP contribution is -2.42. The van der Waals surface area contributed by atoms with Crippen LogP contribution >= 0.6 is 0 Å². The van der Waals surface area contributed by atoms with Gasteiger partial charge in [-0.05, 0) is 50.3 Å². The van der Waals surface area contributed by atoms with Gasteiger partial charge in [-0.1, -0.05) is 19.1 Å². The predicted octanol–water partition coefficient (Wildman–Crippen LogP) is 3.30. The van der Waals surface area contributed by atoms with Crippen LogP contribution in [-0.4, -0.2) is 41.1 Å². The van der Waals surface area contributed by atoms with Crippen molar-refractivity contribution in [2.75, 3.05) is 18.4 Å². The number of rotatable bonds is 6. The van der Waals surface area contributed by atoms with Crippen molar-refractivity contribution in [3.63, 3.8) is 0 Å². The number of likely N-dealkylation sites (tertiary alicyclic amines) is 1.